The summed E-state index contributed by atoms with van der Waals surface area (Å²) in [4.78, 5) is 2.03. The zero-order chi connectivity index (χ0) is 20.5. The fourth-order valence-electron chi connectivity index (χ4n) is 3.10. The van der Waals surface area contributed by atoms with Gasteiger partial charge in [-0.3, -0.25) is 0 Å². The molecule has 0 spiro atoms. The van der Waals surface area contributed by atoms with Crippen molar-refractivity contribution in [1.29, 1.82) is 0 Å². The maximum absolute atomic E-state index is 13.1. The minimum atomic E-state index is -4.87. The fourth-order valence-corrected chi connectivity index (χ4v) is 3.10. The van der Waals surface area contributed by atoms with Crippen LogP contribution in [-0.2, 0) is 18.9 Å². The van der Waals surface area contributed by atoms with Crippen LogP contribution in [0.2, 0.25) is 0 Å². The Hall–Kier alpha value is -2.48. The Morgan fingerprint density at radius 2 is 1.54 bits per heavy atom. The largest absolute Gasteiger partial charge is 0.416 e. The van der Waals surface area contributed by atoms with Gasteiger partial charge < -0.3 is 10.2 Å². The van der Waals surface area contributed by atoms with E-state index in [0.29, 0.717) is 18.7 Å². The number of nitrogens with zero attached hydrogens (tertiary/aromatic N) is 1. The SMILES string of the molecule is C=C1CNCCN1Cc1cccc(-c2cc(C(F)(F)F)cc(C(F)(F)F)c2)c1. The average Bonchev–Trinajstić information content (AvgIpc) is 2.62. The van der Waals surface area contributed by atoms with Gasteiger partial charge in [-0.15, -0.1) is 0 Å². The lowest BCUT2D eigenvalue weighted by molar-refractivity contribution is -0.143. The molecule has 1 fully saturated rings. The summed E-state index contributed by atoms with van der Waals surface area (Å²) in [6, 6.07) is 8.17. The van der Waals surface area contributed by atoms with Crippen LogP contribution in [-0.4, -0.2) is 24.5 Å². The van der Waals surface area contributed by atoms with Gasteiger partial charge in [0.15, 0.2) is 0 Å². The summed E-state index contributed by atoms with van der Waals surface area (Å²) in [6.45, 7) is 6.60. The molecule has 150 valence electrons. The first-order chi connectivity index (χ1) is 13.0. The summed E-state index contributed by atoms with van der Waals surface area (Å²) >= 11 is 0. The summed E-state index contributed by atoms with van der Waals surface area (Å²) in [5.41, 5.74) is -0.795. The Kier molecular flexibility index (Phi) is 5.43. The monoisotopic (exact) mass is 400 g/mol. The molecule has 0 bridgehead atoms. The molecule has 2 aromatic rings. The molecule has 0 aromatic heterocycles. The Balaban J connectivity index is 1.97. The quantitative estimate of drug-likeness (QED) is 0.703. The van der Waals surface area contributed by atoms with Crippen LogP contribution in [0.3, 0.4) is 0 Å². The van der Waals surface area contributed by atoms with Crippen molar-refractivity contribution in [3.05, 3.63) is 71.4 Å². The zero-order valence-electron chi connectivity index (χ0n) is 14.8. The first kappa shape index (κ1) is 20.3. The molecule has 0 aliphatic carbocycles. The van der Waals surface area contributed by atoms with Crippen molar-refractivity contribution in [2.45, 2.75) is 18.9 Å². The molecular weight excluding hydrogens is 382 g/mol. The molecule has 0 unspecified atom stereocenters. The molecule has 2 aromatic carbocycles. The van der Waals surface area contributed by atoms with E-state index in [2.05, 4.69) is 11.9 Å². The highest BCUT2D eigenvalue weighted by atomic mass is 19.4. The van der Waals surface area contributed by atoms with Gasteiger partial charge in [-0.2, -0.15) is 26.3 Å². The van der Waals surface area contributed by atoms with E-state index in [1.807, 2.05) is 4.90 Å². The number of nitrogens with one attached hydrogen (secondary N) is 1. The van der Waals surface area contributed by atoms with Crippen molar-refractivity contribution in [2.24, 2.45) is 0 Å². The lowest BCUT2D eigenvalue weighted by Gasteiger charge is -2.31. The highest BCUT2D eigenvalue weighted by Crippen LogP contribution is 2.38. The van der Waals surface area contributed by atoms with Gasteiger partial charge in [-0.25, -0.2) is 0 Å². The second-order valence-electron chi connectivity index (χ2n) is 6.66. The Morgan fingerprint density at radius 1 is 0.893 bits per heavy atom. The van der Waals surface area contributed by atoms with Crippen LogP contribution in [0.1, 0.15) is 16.7 Å². The molecule has 2 nitrogen and oxygen atoms in total. The minimum Gasteiger partial charge on any atom is -0.369 e. The van der Waals surface area contributed by atoms with Crippen LogP contribution < -0.4 is 5.32 Å². The van der Waals surface area contributed by atoms with Gasteiger partial charge in [0.2, 0.25) is 0 Å². The summed E-state index contributed by atoms with van der Waals surface area (Å²) < 4.78 is 78.6. The smallest absolute Gasteiger partial charge is 0.369 e. The first-order valence-electron chi connectivity index (χ1n) is 8.56. The van der Waals surface area contributed by atoms with Gasteiger partial charge in [0.1, 0.15) is 0 Å². The van der Waals surface area contributed by atoms with Crippen LogP contribution in [0.5, 0.6) is 0 Å². The van der Waals surface area contributed by atoms with Gasteiger partial charge in [-0.1, -0.05) is 24.8 Å². The maximum Gasteiger partial charge on any atom is 0.416 e. The summed E-state index contributed by atoms with van der Waals surface area (Å²) in [5, 5.41) is 3.17. The lowest BCUT2D eigenvalue weighted by atomic mass is 9.97. The molecular formula is C20H18F6N2. The molecule has 0 radical (unpaired) electrons. The Labute approximate surface area is 158 Å². The van der Waals surface area contributed by atoms with E-state index in [4.69, 9.17) is 0 Å². The maximum atomic E-state index is 13.1. The summed E-state index contributed by atoms with van der Waals surface area (Å²) in [7, 11) is 0. The van der Waals surface area contributed by atoms with Gasteiger partial charge in [0, 0.05) is 31.9 Å². The number of alkyl halides is 6. The highest BCUT2D eigenvalue weighted by molar-refractivity contribution is 5.66. The predicted molar refractivity (Wildman–Crippen MR) is 94.3 cm³/mol. The zero-order valence-corrected chi connectivity index (χ0v) is 14.8. The van der Waals surface area contributed by atoms with E-state index in [1.165, 1.54) is 6.07 Å². The highest BCUT2D eigenvalue weighted by Gasteiger charge is 2.37. The van der Waals surface area contributed by atoms with Crippen molar-refractivity contribution >= 4 is 0 Å². The lowest BCUT2D eigenvalue weighted by Crippen LogP contribution is -2.40. The van der Waals surface area contributed by atoms with Crippen molar-refractivity contribution in [1.82, 2.24) is 10.2 Å². The molecule has 28 heavy (non-hydrogen) atoms. The number of piperazine rings is 1. The molecule has 8 heteroatoms. The van der Waals surface area contributed by atoms with Crippen molar-refractivity contribution in [3.63, 3.8) is 0 Å². The first-order valence-corrected chi connectivity index (χ1v) is 8.56. The third-order valence-corrected chi connectivity index (χ3v) is 4.56. The summed E-state index contributed by atoms with van der Waals surface area (Å²) in [6.07, 6.45) is -9.74. The fraction of sp³-hybridized carbons (Fsp3) is 0.300. The van der Waals surface area contributed by atoms with Crippen molar-refractivity contribution in [3.8, 4) is 11.1 Å². The molecule has 1 aliphatic heterocycles. The topological polar surface area (TPSA) is 15.3 Å². The molecule has 1 aliphatic rings. The predicted octanol–water partition coefficient (Wildman–Crippen LogP) is 5.31. The number of hydrogen-bond donors (Lipinski definition) is 1. The van der Waals surface area contributed by atoms with E-state index in [-0.39, 0.29) is 11.6 Å². The minimum absolute atomic E-state index is 0.122. The Morgan fingerprint density at radius 3 is 2.11 bits per heavy atom. The molecule has 0 saturated carbocycles. The average molecular weight is 400 g/mol. The normalized spacial score (nSPS) is 15.8. The molecule has 0 atom stereocenters. The van der Waals surface area contributed by atoms with Crippen LogP contribution in [0.4, 0.5) is 26.3 Å². The Bertz CT molecular complexity index is 837. The van der Waals surface area contributed by atoms with Crippen LogP contribution in [0.25, 0.3) is 11.1 Å². The number of hydrogen-bond acceptors (Lipinski definition) is 2. The van der Waals surface area contributed by atoms with Gasteiger partial charge in [0.25, 0.3) is 0 Å². The van der Waals surface area contributed by atoms with Crippen molar-refractivity contribution < 1.29 is 26.3 Å². The third kappa shape index (κ3) is 4.67. The van der Waals surface area contributed by atoms with Crippen molar-refractivity contribution in [2.75, 3.05) is 19.6 Å². The van der Waals surface area contributed by atoms with E-state index in [1.54, 1.807) is 18.2 Å². The van der Waals surface area contributed by atoms with E-state index in [9.17, 15) is 26.3 Å². The van der Waals surface area contributed by atoms with Gasteiger partial charge >= 0.3 is 12.4 Å². The molecule has 1 N–H and O–H groups in total. The number of halogens is 6. The van der Waals surface area contributed by atoms with E-state index >= 15 is 0 Å². The van der Waals surface area contributed by atoms with E-state index < -0.39 is 23.5 Å². The third-order valence-electron chi connectivity index (χ3n) is 4.56. The molecule has 0 amide bonds. The molecule has 3 rings (SSSR count). The second kappa shape index (κ2) is 7.50. The van der Waals surface area contributed by atoms with E-state index in [0.717, 1.165) is 36.5 Å². The standard InChI is InChI=1S/C20H18F6N2/c1-13-11-27-5-6-28(13)12-14-3-2-4-15(7-14)16-8-17(19(21,22)23)10-18(9-16)20(24,25)26/h2-4,7-10,27H,1,5-6,11-12H2. The number of benzene rings is 2. The molecule has 1 heterocycles. The summed E-state index contributed by atoms with van der Waals surface area (Å²) in [5.74, 6) is 0. The van der Waals surface area contributed by atoms with Gasteiger partial charge in [-0.05, 0) is 41.0 Å². The van der Waals surface area contributed by atoms with Gasteiger partial charge in [0.05, 0.1) is 11.1 Å². The molecule has 1 saturated heterocycles. The van der Waals surface area contributed by atoms with Crippen LogP contribution in [0, 0.1) is 0 Å². The van der Waals surface area contributed by atoms with Crippen LogP contribution in [0.15, 0.2) is 54.7 Å². The second-order valence-corrected chi connectivity index (χ2v) is 6.66. The number of rotatable bonds is 3. The van der Waals surface area contributed by atoms with Crippen LogP contribution >= 0.6 is 0 Å².